The molecular weight excluding hydrogens is 206 g/mol. The summed E-state index contributed by atoms with van der Waals surface area (Å²) in [6.07, 6.45) is 0.718. The molecule has 0 radical (unpaired) electrons. The van der Waals surface area contributed by atoms with Crippen molar-refractivity contribution in [3.8, 4) is 0 Å². The van der Waals surface area contributed by atoms with Gasteiger partial charge in [-0.15, -0.1) is 0 Å². The molecule has 1 heterocycles. The number of anilines is 1. The number of amides is 1. The number of carboxylic acids is 1. The van der Waals surface area contributed by atoms with Crippen LogP contribution in [0.2, 0.25) is 0 Å². The Morgan fingerprint density at radius 1 is 1.44 bits per heavy atom. The molecular formula is C12H13NO3. The summed E-state index contributed by atoms with van der Waals surface area (Å²) in [6, 6.07) is 5.01. The van der Waals surface area contributed by atoms with Crippen molar-refractivity contribution in [2.24, 2.45) is 0 Å². The van der Waals surface area contributed by atoms with Crippen molar-refractivity contribution in [1.29, 1.82) is 0 Å². The summed E-state index contributed by atoms with van der Waals surface area (Å²) in [4.78, 5) is 24.0. The lowest BCUT2D eigenvalue weighted by molar-refractivity contribution is -0.116. The van der Waals surface area contributed by atoms with E-state index in [0.29, 0.717) is 0 Å². The Hall–Kier alpha value is -1.84. The van der Waals surface area contributed by atoms with E-state index in [2.05, 4.69) is 0 Å². The van der Waals surface area contributed by atoms with Gasteiger partial charge in [-0.25, -0.2) is 4.79 Å². The van der Waals surface area contributed by atoms with Gasteiger partial charge >= 0.3 is 5.97 Å². The molecule has 2 rings (SSSR count). The number of fused-ring (bicyclic) bond motifs is 1. The van der Waals surface area contributed by atoms with E-state index in [1.54, 1.807) is 17.0 Å². The molecule has 0 fully saturated rings. The summed E-state index contributed by atoms with van der Waals surface area (Å²) in [5.74, 6) is -0.939. The second-order valence-corrected chi connectivity index (χ2v) is 4.09. The molecule has 16 heavy (non-hydrogen) atoms. The average Bonchev–Trinajstić information content (AvgIpc) is 2.51. The van der Waals surface area contributed by atoms with Gasteiger partial charge in [0.1, 0.15) is 0 Å². The van der Waals surface area contributed by atoms with Gasteiger partial charge in [0.05, 0.1) is 5.56 Å². The van der Waals surface area contributed by atoms with Crippen LogP contribution in [0.15, 0.2) is 18.2 Å². The first-order valence-electron chi connectivity index (χ1n) is 5.16. The van der Waals surface area contributed by atoms with E-state index in [9.17, 15) is 9.59 Å². The van der Waals surface area contributed by atoms with Crippen LogP contribution in [-0.2, 0) is 11.2 Å². The summed E-state index contributed by atoms with van der Waals surface area (Å²) < 4.78 is 0. The molecule has 84 valence electrons. The molecule has 1 aliphatic heterocycles. The first-order chi connectivity index (χ1) is 7.50. The summed E-state index contributed by atoms with van der Waals surface area (Å²) in [5, 5.41) is 8.88. The Balaban J connectivity index is 2.46. The van der Waals surface area contributed by atoms with Gasteiger partial charge in [-0.1, -0.05) is 0 Å². The van der Waals surface area contributed by atoms with Crippen LogP contribution in [0.3, 0.4) is 0 Å². The van der Waals surface area contributed by atoms with Gasteiger partial charge < -0.3 is 10.0 Å². The molecule has 0 spiro atoms. The highest BCUT2D eigenvalue weighted by Gasteiger charge is 2.29. The van der Waals surface area contributed by atoms with E-state index in [1.807, 2.05) is 6.92 Å². The van der Waals surface area contributed by atoms with E-state index < -0.39 is 5.97 Å². The Labute approximate surface area is 93.5 Å². The molecule has 1 atom stereocenters. The standard InChI is InChI=1S/C12H13NO3/c1-7-5-10-6-9(12(15)16)3-4-11(10)13(7)8(2)14/h3-4,6-7H,5H2,1-2H3,(H,15,16). The second kappa shape index (κ2) is 3.63. The van der Waals surface area contributed by atoms with Crippen LogP contribution >= 0.6 is 0 Å². The number of hydrogen-bond acceptors (Lipinski definition) is 2. The summed E-state index contributed by atoms with van der Waals surface area (Å²) in [6.45, 7) is 3.48. The Morgan fingerprint density at radius 3 is 2.69 bits per heavy atom. The van der Waals surface area contributed by atoms with Crippen molar-refractivity contribution in [1.82, 2.24) is 0 Å². The minimum absolute atomic E-state index is 0.00525. The molecule has 0 saturated carbocycles. The highest BCUT2D eigenvalue weighted by Crippen LogP contribution is 2.32. The molecule has 1 aromatic carbocycles. The summed E-state index contributed by atoms with van der Waals surface area (Å²) >= 11 is 0. The maximum absolute atomic E-state index is 11.4. The second-order valence-electron chi connectivity index (χ2n) is 4.09. The molecule has 0 aliphatic carbocycles. The van der Waals surface area contributed by atoms with E-state index >= 15 is 0 Å². The fourth-order valence-corrected chi connectivity index (χ4v) is 2.24. The number of carboxylic acid groups (broad SMARTS) is 1. The monoisotopic (exact) mass is 219 g/mol. The van der Waals surface area contributed by atoms with Gasteiger partial charge in [0.15, 0.2) is 0 Å². The lowest BCUT2D eigenvalue weighted by atomic mass is 10.1. The van der Waals surface area contributed by atoms with Gasteiger partial charge in [0, 0.05) is 18.7 Å². The van der Waals surface area contributed by atoms with Crippen molar-refractivity contribution in [3.05, 3.63) is 29.3 Å². The van der Waals surface area contributed by atoms with Crippen LogP contribution in [0.4, 0.5) is 5.69 Å². The van der Waals surface area contributed by atoms with Crippen LogP contribution in [0.1, 0.15) is 29.8 Å². The molecule has 0 aromatic heterocycles. The highest BCUT2D eigenvalue weighted by molar-refractivity contribution is 5.96. The first-order valence-corrected chi connectivity index (χ1v) is 5.16. The lowest BCUT2D eigenvalue weighted by Gasteiger charge is -2.20. The fourth-order valence-electron chi connectivity index (χ4n) is 2.24. The van der Waals surface area contributed by atoms with Gasteiger partial charge in [0.25, 0.3) is 0 Å². The minimum Gasteiger partial charge on any atom is -0.478 e. The lowest BCUT2D eigenvalue weighted by Crippen LogP contribution is -2.33. The Morgan fingerprint density at radius 2 is 2.12 bits per heavy atom. The Bertz CT molecular complexity index is 467. The zero-order chi connectivity index (χ0) is 11.9. The smallest absolute Gasteiger partial charge is 0.335 e. The number of nitrogens with zero attached hydrogens (tertiary/aromatic N) is 1. The number of carbonyl (C=O) groups excluding carboxylic acids is 1. The van der Waals surface area contributed by atoms with Crippen LogP contribution in [-0.4, -0.2) is 23.0 Å². The fraction of sp³-hybridized carbons (Fsp3) is 0.333. The molecule has 1 aromatic rings. The number of rotatable bonds is 1. The van der Waals surface area contributed by atoms with E-state index in [0.717, 1.165) is 17.7 Å². The van der Waals surface area contributed by atoms with E-state index in [4.69, 9.17) is 5.11 Å². The largest absolute Gasteiger partial charge is 0.478 e. The van der Waals surface area contributed by atoms with Gasteiger partial charge in [0.2, 0.25) is 5.91 Å². The predicted molar refractivity (Wildman–Crippen MR) is 59.7 cm³/mol. The summed E-state index contributed by atoms with van der Waals surface area (Å²) in [5.41, 5.74) is 2.05. The molecule has 4 heteroatoms. The van der Waals surface area contributed by atoms with Gasteiger partial charge in [-0.05, 0) is 37.1 Å². The van der Waals surface area contributed by atoms with Gasteiger partial charge in [-0.2, -0.15) is 0 Å². The third kappa shape index (κ3) is 1.56. The van der Waals surface area contributed by atoms with Crippen LogP contribution in [0, 0.1) is 0 Å². The topological polar surface area (TPSA) is 57.6 Å². The number of benzene rings is 1. The van der Waals surface area contributed by atoms with E-state index in [-0.39, 0.29) is 17.5 Å². The number of aromatic carboxylic acids is 1. The maximum Gasteiger partial charge on any atom is 0.335 e. The molecule has 4 nitrogen and oxygen atoms in total. The summed E-state index contributed by atoms with van der Waals surface area (Å²) in [7, 11) is 0. The molecule has 0 saturated heterocycles. The molecule has 1 amide bonds. The first kappa shape index (κ1) is 10.7. The molecule has 1 N–H and O–H groups in total. The maximum atomic E-state index is 11.4. The van der Waals surface area contributed by atoms with Gasteiger partial charge in [-0.3, -0.25) is 4.79 Å². The average molecular weight is 219 g/mol. The SMILES string of the molecule is CC(=O)N1c2ccc(C(=O)O)cc2CC1C. The highest BCUT2D eigenvalue weighted by atomic mass is 16.4. The zero-order valence-electron chi connectivity index (χ0n) is 9.23. The third-order valence-corrected chi connectivity index (χ3v) is 2.88. The van der Waals surface area contributed by atoms with Crippen molar-refractivity contribution < 1.29 is 14.7 Å². The minimum atomic E-state index is -0.934. The third-order valence-electron chi connectivity index (χ3n) is 2.88. The van der Waals surface area contributed by atoms with E-state index in [1.165, 1.54) is 13.0 Å². The van der Waals surface area contributed by atoms with Crippen LogP contribution in [0.5, 0.6) is 0 Å². The number of hydrogen-bond donors (Lipinski definition) is 1. The predicted octanol–water partition coefficient (Wildman–Crippen LogP) is 1.68. The zero-order valence-corrected chi connectivity index (χ0v) is 9.23. The molecule has 1 unspecified atom stereocenters. The van der Waals surface area contributed by atoms with Crippen LogP contribution < -0.4 is 4.90 Å². The normalized spacial score (nSPS) is 18.4. The molecule has 0 bridgehead atoms. The Kier molecular flexibility index (Phi) is 2.42. The van der Waals surface area contributed by atoms with Crippen molar-refractivity contribution in [2.75, 3.05) is 4.90 Å². The van der Waals surface area contributed by atoms with Crippen molar-refractivity contribution >= 4 is 17.6 Å². The van der Waals surface area contributed by atoms with Crippen molar-refractivity contribution in [3.63, 3.8) is 0 Å². The quantitative estimate of drug-likeness (QED) is 0.781. The van der Waals surface area contributed by atoms with Crippen molar-refractivity contribution in [2.45, 2.75) is 26.3 Å². The molecule has 1 aliphatic rings. The number of carbonyl (C=O) groups is 2. The van der Waals surface area contributed by atoms with Crippen LogP contribution in [0.25, 0.3) is 0 Å².